The molecule has 2 aliphatic rings. The molecule has 0 radical (unpaired) electrons. The molecule has 1 unspecified atom stereocenters. The van der Waals surface area contributed by atoms with Gasteiger partial charge in [-0.25, -0.2) is 0 Å². The number of nitrogens with zero attached hydrogens (tertiary/aromatic N) is 10. The van der Waals surface area contributed by atoms with Gasteiger partial charge in [0.15, 0.2) is 27.9 Å². The number of halogens is 15. The number of hydrogen-bond donors (Lipinski definition) is 0. The molecule has 0 N–H and O–H groups in total. The van der Waals surface area contributed by atoms with E-state index < -0.39 is 31.8 Å². The minimum absolute atomic E-state index is 0.0867. The Morgan fingerprint density at radius 3 is 0.950 bits per heavy atom. The zero-order valence-electron chi connectivity index (χ0n) is 73.6. The summed E-state index contributed by atoms with van der Waals surface area (Å²) in [5, 5.41) is 27.1. The molecular weight excluding hydrogens is 1880 g/mol. The smallest absolute Gasteiger partial charge is 0.475 e. The predicted molar refractivity (Wildman–Crippen MR) is 473 cm³/mol. The maximum Gasteiger partial charge on any atom is 0.573 e. The summed E-state index contributed by atoms with van der Waals surface area (Å²) in [4.78, 5) is 26.7. The number of aromatic nitrogens is 8. The lowest BCUT2D eigenvalue weighted by molar-refractivity contribution is -0.275. The quantitative estimate of drug-likeness (QED) is 0.0311. The highest BCUT2D eigenvalue weighted by atomic mass is 19.4. The Hall–Kier alpha value is -16.1. The van der Waals surface area contributed by atoms with Crippen LogP contribution in [0.1, 0.15) is 25.0 Å². The zero-order valence-corrected chi connectivity index (χ0v) is 73.6. The maximum atomic E-state index is 12.3. The molecule has 0 aliphatic carbocycles. The van der Waals surface area contributed by atoms with Crippen LogP contribution in [0.4, 0.5) is 65.9 Å². The predicted octanol–water partition coefficient (Wildman–Crippen LogP) is 23.3. The van der Waals surface area contributed by atoms with Gasteiger partial charge in [0.1, 0.15) is 55.2 Å². The summed E-state index contributed by atoms with van der Waals surface area (Å²) in [6.45, 7) is 7.24. The highest BCUT2D eigenvalue weighted by Crippen LogP contribution is 2.40. The Morgan fingerprint density at radius 2 is 0.671 bits per heavy atom. The van der Waals surface area contributed by atoms with Gasteiger partial charge in [0.2, 0.25) is 11.8 Å². The second kappa shape index (κ2) is 43.5. The Labute approximate surface area is 782 Å². The van der Waals surface area contributed by atoms with Gasteiger partial charge in [0.05, 0.1) is 59.8 Å². The van der Waals surface area contributed by atoms with Crippen molar-refractivity contribution >= 4 is 66.7 Å². The van der Waals surface area contributed by atoms with Crippen LogP contribution in [0.2, 0.25) is 0 Å². The first-order chi connectivity index (χ1) is 67.0. The fraction of sp³-hybridized carbons (Fsp3) is 0.237. The summed E-state index contributed by atoms with van der Waals surface area (Å²) in [6.07, 6.45) is -16.2. The van der Waals surface area contributed by atoms with Crippen molar-refractivity contribution in [2.24, 2.45) is 5.92 Å². The molecule has 28 nitrogen and oxygen atoms in total. The van der Waals surface area contributed by atoms with Crippen LogP contribution in [-0.2, 0) is 27.4 Å². The van der Waals surface area contributed by atoms with Crippen LogP contribution in [0.3, 0.4) is 0 Å². The number of rotatable bonds is 29. The third kappa shape index (κ3) is 27.2. The number of alkyl halides is 15. The molecule has 2 aliphatic heterocycles. The second-order valence-electron chi connectivity index (χ2n) is 31.0. The van der Waals surface area contributed by atoms with E-state index in [2.05, 4.69) is 59.1 Å². The van der Waals surface area contributed by atoms with Crippen molar-refractivity contribution in [3.05, 3.63) is 255 Å². The van der Waals surface area contributed by atoms with E-state index in [-0.39, 0.29) is 46.5 Å². The van der Waals surface area contributed by atoms with E-state index in [9.17, 15) is 75.4 Å². The summed E-state index contributed by atoms with van der Waals surface area (Å²) in [6, 6.07) is 60.5. The van der Waals surface area contributed by atoms with Crippen molar-refractivity contribution in [1.82, 2.24) is 49.9 Å². The fourth-order valence-corrected chi connectivity index (χ4v) is 14.6. The standard InChI is InChI=1S/C21H17F3N2O3.2C20H17F3N2O4.C19H14F3N3O3.C17H14F3NO4/c1-14-3-2-10-26(14)11-12-27-20-18-13-16(6-9-19(18)29-25-20)15-4-7-17(8-5-15)28-21(22,23)24;1-25-10-12(8-18(25)26)11-27-19-16-9-14(4-7-17(16)29-24-19)13-2-5-15(6-3-13)28-20(21,22)23;21-20(22,23)28-15-6-3-13(4-7-15)14-5-8-17-16(12-14)19(24-29-17)27-11-10-25-9-1-2-18(25)26;20-19(21,22)27-15-5-2-13(3-6-15)14-4-7-17-16(12-14)18(24-28-17)26-11-10-25-9-1-8-23-25;1-22-8-9-23-16-14-10-12(4-7-15(14)25-21-16)11-2-5-13(6-3-11)24-17(18,19)20/h2-10,13H,11-12H2,1H3;2-7,9,12H,8,10-11H2,1H3;3-8,12H,1-2,9-11H2;1-9,12H,10-11H2;2-7,10H,8-9H2,1H3. The molecule has 1 atom stereocenters. The lowest BCUT2D eigenvalue weighted by Gasteiger charge is -2.14. The number of aryl methyl sites for hydroxylation is 1. The van der Waals surface area contributed by atoms with Gasteiger partial charge in [-0.3, -0.25) is 14.3 Å². The van der Waals surface area contributed by atoms with Gasteiger partial charge < -0.3 is 89.1 Å². The van der Waals surface area contributed by atoms with Gasteiger partial charge in [-0.05, 0) is 234 Å². The van der Waals surface area contributed by atoms with Crippen LogP contribution < -0.4 is 47.4 Å². The summed E-state index contributed by atoms with van der Waals surface area (Å²) in [7, 11) is 3.32. The number of hydrogen-bond acceptors (Lipinski definition) is 24. The zero-order chi connectivity index (χ0) is 98.9. The molecule has 140 heavy (non-hydrogen) atoms. The minimum Gasteiger partial charge on any atom is -0.475 e. The van der Waals surface area contributed by atoms with Crippen molar-refractivity contribution in [3.8, 4) is 114 Å². The van der Waals surface area contributed by atoms with E-state index in [4.69, 9.17) is 51.0 Å². The number of amides is 2. The van der Waals surface area contributed by atoms with E-state index in [1.807, 2.05) is 49.6 Å². The van der Waals surface area contributed by atoms with Crippen LogP contribution in [0.25, 0.3) is 110 Å². The molecule has 2 saturated heterocycles. The first-order valence-corrected chi connectivity index (χ1v) is 42.5. The largest absolute Gasteiger partial charge is 0.573 e. The molecule has 43 heteroatoms. The molecule has 0 spiro atoms. The molecule has 7 aromatic heterocycles. The third-order valence-corrected chi connectivity index (χ3v) is 21.2. The van der Waals surface area contributed by atoms with Crippen LogP contribution in [0, 0.1) is 12.8 Å². The number of fused-ring (bicyclic) bond motifs is 5. The number of methoxy groups -OCH3 is 1. The molecular formula is C97H79F15N10O18. The van der Waals surface area contributed by atoms with Gasteiger partial charge in [-0.2, -0.15) is 5.10 Å². The summed E-state index contributed by atoms with van der Waals surface area (Å²) >= 11 is 0. The van der Waals surface area contributed by atoms with Crippen molar-refractivity contribution in [1.29, 1.82) is 0 Å². The summed E-state index contributed by atoms with van der Waals surface area (Å²) in [5.41, 5.74) is 11.3. The van der Waals surface area contributed by atoms with Crippen LogP contribution in [0.5, 0.6) is 58.1 Å². The Balaban J connectivity index is 0.000000132. The minimum atomic E-state index is -4.73. The molecule has 10 aromatic carbocycles. The molecule has 17 aromatic rings. The highest BCUT2D eigenvalue weighted by molar-refractivity contribution is 5.92. The van der Waals surface area contributed by atoms with Gasteiger partial charge in [0, 0.05) is 70.3 Å². The molecule has 19 rings (SSSR count). The van der Waals surface area contributed by atoms with Crippen LogP contribution in [-0.4, -0.2) is 167 Å². The first kappa shape index (κ1) is 98.4. The van der Waals surface area contributed by atoms with Gasteiger partial charge in [-0.1, -0.05) is 91.0 Å². The van der Waals surface area contributed by atoms with Crippen molar-refractivity contribution in [2.75, 3.05) is 73.4 Å². The topological polar surface area (TPSA) is 295 Å². The van der Waals surface area contributed by atoms with Crippen molar-refractivity contribution < 1.29 is 150 Å². The van der Waals surface area contributed by atoms with E-state index in [1.54, 1.807) is 150 Å². The maximum absolute atomic E-state index is 12.3. The highest BCUT2D eigenvalue weighted by Gasteiger charge is 2.36. The Bertz CT molecular complexity index is 6980. The van der Waals surface area contributed by atoms with Gasteiger partial charge >= 0.3 is 31.8 Å². The normalized spacial score (nSPS) is 13.4. The van der Waals surface area contributed by atoms with E-state index >= 15 is 0 Å². The van der Waals surface area contributed by atoms with Gasteiger partial charge in [0.25, 0.3) is 29.4 Å². The fourth-order valence-electron chi connectivity index (χ4n) is 14.6. The number of likely N-dealkylation sites (tertiary alicyclic amines) is 2. The molecule has 0 saturated carbocycles. The summed E-state index contributed by atoms with van der Waals surface area (Å²) < 4.78 is 267. The van der Waals surface area contributed by atoms with Gasteiger partial charge in [-0.15, -0.1) is 65.9 Å². The van der Waals surface area contributed by atoms with E-state index in [0.717, 1.165) is 63.2 Å². The van der Waals surface area contributed by atoms with Crippen molar-refractivity contribution in [3.63, 3.8) is 0 Å². The number of benzene rings is 10. The number of ether oxygens (including phenoxy) is 11. The number of carbonyl (C=O) groups is 2. The van der Waals surface area contributed by atoms with E-state index in [0.29, 0.717) is 174 Å². The second-order valence-corrected chi connectivity index (χ2v) is 31.0. The monoisotopic (exact) mass is 1960 g/mol. The number of carbonyl (C=O) groups excluding carboxylic acids is 2. The lowest BCUT2D eigenvalue weighted by Crippen LogP contribution is -2.29. The molecule has 2 fully saturated rings. The molecule has 730 valence electrons. The average Bonchev–Trinajstić information content (AvgIpc) is 1.64. The Kier molecular flexibility index (Phi) is 30.6. The van der Waals surface area contributed by atoms with Crippen LogP contribution in [0.15, 0.2) is 272 Å². The van der Waals surface area contributed by atoms with Crippen molar-refractivity contribution in [2.45, 2.75) is 71.1 Å². The molecule has 0 bridgehead atoms. The first-order valence-electron chi connectivity index (χ1n) is 42.5. The molecule has 9 heterocycles. The van der Waals surface area contributed by atoms with Crippen LogP contribution >= 0.6 is 0 Å². The Morgan fingerprint density at radius 1 is 0.357 bits per heavy atom. The van der Waals surface area contributed by atoms with E-state index in [1.165, 1.54) is 84.9 Å². The lowest BCUT2D eigenvalue weighted by atomic mass is 10.0. The molecule has 2 amide bonds. The SMILES string of the molecule is CN1CC(COc2noc3ccc(-c4ccc(OC(F)(F)F)cc4)cc23)CC1=O.COCCOc1noc2ccc(-c3ccc(OC(F)(F)F)cc3)cc12.Cc1cccn1CCOc1noc2ccc(-c3ccc(OC(F)(F)F)cc3)cc12.FC(F)(F)Oc1ccc(-c2ccc3onc(OCCn4cccn4)c3c2)cc1.O=C1CCCN1CCOc1noc2ccc(-c3ccc(OC(F)(F)F)cc3)cc12. The summed E-state index contributed by atoms with van der Waals surface area (Å²) in [5.74, 6) is 0.612. The third-order valence-electron chi connectivity index (χ3n) is 21.2. The average molecular weight is 1960 g/mol.